The van der Waals surface area contributed by atoms with Gasteiger partial charge in [-0.05, 0) is 90.3 Å². The standard InChI is InChI=1S/C47H49FN8O6/c1-25(2)38(53-46(59)61-3)44(57)55-20-8-11-37(55)42-50-35-19-15-29-21-27(13-17-32(29)40(35)52-42)28-14-18-33(34(48)23-28)36-24-49-43(51-36)41-30-12-16-31(22-30)56(41)45(58)39(54-47(60)62-4)26-9-6-5-7-10-26/h5-7,9-10,13-15,17-19,21,23-25,30-31,37-39,41H,8,11-12,16,20,22H2,1-4H3,(H,49,51)(H,50,52)(H,53,59)(H,54,60)/t30-,31+,37-,38-,39+,41-/m0/s1. The summed E-state index contributed by atoms with van der Waals surface area (Å²) in [6.07, 6.45) is 4.45. The number of nitrogens with zero attached hydrogens (tertiary/aromatic N) is 4. The Balaban J connectivity index is 0.947. The van der Waals surface area contributed by atoms with E-state index in [9.17, 15) is 19.2 Å². The van der Waals surface area contributed by atoms with E-state index in [0.29, 0.717) is 40.6 Å². The number of nitrogens with one attached hydrogen (secondary N) is 4. The van der Waals surface area contributed by atoms with Crippen molar-refractivity contribution < 1.29 is 33.0 Å². The molecule has 4 aromatic carbocycles. The van der Waals surface area contributed by atoms with Crippen LogP contribution in [-0.4, -0.2) is 86.6 Å². The lowest BCUT2D eigenvalue weighted by molar-refractivity contribution is -0.138. The van der Waals surface area contributed by atoms with E-state index in [1.54, 1.807) is 29.3 Å². The van der Waals surface area contributed by atoms with Crippen molar-refractivity contribution in [3.8, 4) is 22.4 Å². The van der Waals surface area contributed by atoms with Gasteiger partial charge in [-0.2, -0.15) is 0 Å². The molecule has 2 saturated heterocycles. The molecule has 14 nitrogen and oxygen atoms in total. The van der Waals surface area contributed by atoms with E-state index in [1.807, 2.05) is 73.3 Å². The number of likely N-dealkylation sites (tertiary alicyclic amines) is 2. The number of benzene rings is 4. The van der Waals surface area contributed by atoms with E-state index in [2.05, 4.69) is 20.6 Å². The van der Waals surface area contributed by atoms with Crippen LogP contribution in [-0.2, 0) is 19.1 Å². The first kappa shape index (κ1) is 40.6. The van der Waals surface area contributed by atoms with Crippen molar-refractivity contribution in [1.82, 2.24) is 40.4 Å². The lowest BCUT2D eigenvalue weighted by Gasteiger charge is -2.36. The third kappa shape index (κ3) is 7.38. The van der Waals surface area contributed by atoms with Gasteiger partial charge in [-0.1, -0.05) is 68.4 Å². The summed E-state index contributed by atoms with van der Waals surface area (Å²) < 4.78 is 25.8. The molecule has 0 spiro atoms. The van der Waals surface area contributed by atoms with Gasteiger partial charge in [0.25, 0.3) is 5.91 Å². The molecule has 4 heterocycles. The SMILES string of the molecule is COC(=O)N[C@H](C(=O)N1CCC[C@H]1c1nc2ccc3cc(-c4ccc(-c5cnc([C@@H]6[C@H]7CC[C@H](C7)N6C(=O)[C@H](NC(=O)OC)c6ccccc6)[nH]5)c(F)c4)ccc3c2[nH]1)C(C)C. The van der Waals surface area contributed by atoms with Crippen LogP contribution in [0, 0.1) is 17.7 Å². The number of aromatic amines is 2. The normalized spacial score (nSPS) is 20.5. The summed E-state index contributed by atoms with van der Waals surface area (Å²) in [6, 6.07) is 21.9. The number of aromatic nitrogens is 4. The van der Waals surface area contributed by atoms with Crippen molar-refractivity contribution in [3.05, 3.63) is 108 Å². The second-order valence-electron chi connectivity index (χ2n) is 16.8. The fraction of sp³-hybridized carbons (Fsp3) is 0.362. The highest BCUT2D eigenvalue weighted by molar-refractivity contribution is 6.05. The molecule has 3 aliphatic rings. The minimum absolute atomic E-state index is 0.00437. The largest absolute Gasteiger partial charge is 0.453 e. The van der Waals surface area contributed by atoms with Crippen LogP contribution in [0.4, 0.5) is 14.0 Å². The van der Waals surface area contributed by atoms with Crippen LogP contribution in [0.3, 0.4) is 0 Å². The summed E-state index contributed by atoms with van der Waals surface area (Å²) in [5.41, 5.74) is 4.67. The summed E-state index contributed by atoms with van der Waals surface area (Å²) in [4.78, 5) is 72.6. The van der Waals surface area contributed by atoms with Gasteiger partial charge >= 0.3 is 12.2 Å². The Hall–Kier alpha value is -6.77. The Bertz CT molecular complexity index is 2680. The number of alkyl carbamates (subject to hydrolysis) is 2. The minimum Gasteiger partial charge on any atom is -0.453 e. The van der Waals surface area contributed by atoms with Crippen molar-refractivity contribution in [3.63, 3.8) is 0 Å². The van der Waals surface area contributed by atoms with Crippen LogP contribution < -0.4 is 10.6 Å². The van der Waals surface area contributed by atoms with Gasteiger partial charge in [0, 0.05) is 23.5 Å². The molecule has 1 saturated carbocycles. The summed E-state index contributed by atoms with van der Waals surface area (Å²) in [5.74, 6) is 0.477. The number of hydrogen-bond acceptors (Lipinski definition) is 8. The number of amides is 4. The molecule has 62 heavy (non-hydrogen) atoms. The van der Waals surface area contributed by atoms with E-state index < -0.39 is 30.1 Å². The van der Waals surface area contributed by atoms with Crippen molar-refractivity contribution in [1.29, 1.82) is 0 Å². The Labute approximate surface area is 357 Å². The molecule has 0 radical (unpaired) electrons. The highest BCUT2D eigenvalue weighted by Crippen LogP contribution is 2.51. The average Bonchev–Trinajstić information content (AvgIpc) is 4.15. The van der Waals surface area contributed by atoms with Crippen molar-refractivity contribution in [2.45, 2.75) is 76.2 Å². The van der Waals surface area contributed by atoms with Gasteiger partial charge in [0.05, 0.1) is 49.2 Å². The van der Waals surface area contributed by atoms with Crippen LogP contribution in [0.5, 0.6) is 0 Å². The summed E-state index contributed by atoms with van der Waals surface area (Å²) >= 11 is 0. The number of H-pyrrole nitrogens is 2. The van der Waals surface area contributed by atoms with Gasteiger partial charge in [0.15, 0.2) is 0 Å². The topological polar surface area (TPSA) is 175 Å². The summed E-state index contributed by atoms with van der Waals surface area (Å²) in [7, 11) is 2.55. The molecule has 15 heteroatoms. The maximum absolute atomic E-state index is 16.1. The van der Waals surface area contributed by atoms with E-state index in [0.717, 1.165) is 59.5 Å². The molecule has 1 aliphatic carbocycles. The van der Waals surface area contributed by atoms with Gasteiger partial charge in [-0.25, -0.2) is 23.9 Å². The molecule has 4 N–H and O–H groups in total. The first-order chi connectivity index (χ1) is 30.0. The lowest BCUT2D eigenvalue weighted by Crippen LogP contribution is -2.51. The molecule has 3 fully saturated rings. The quantitative estimate of drug-likeness (QED) is 0.107. The van der Waals surface area contributed by atoms with Crippen molar-refractivity contribution in [2.75, 3.05) is 20.8 Å². The molecule has 4 amide bonds. The summed E-state index contributed by atoms with van der Waals surface area (Å²) in [5, 5.41) is 7.31. The van der Waals surface area contributed by atoms with Crippen LogP contribution >= 0.6 is 0 Å². The van der Waals surface area contributed by atoms with Gasteiger partial charge in [-0.3, -0.25) is 9.59 Å². The molecule has 2 aromatic heterocycles. The lowest BCUT2D eigenvalue weighted by atomic mass is 9.96. The van der Waals surface area contributed by atoms with Gasteiger partial charge in [0.2, 0.25) is 5.91 Å². The maximum atomic E-state index is 16.1. The number of ether oxygens (including phenoxy) is 2. The van der Waals surface area contributed by atoms with E-state index in [-0.39, 0.29) is 41.8 Å². The highest BCUT2D eigenvalue weighted by atomic mass is 19.1. The second kappa shape index (κ2) is 16.6. The molecule has 9 rings (SSSR count). The predicted molar refractivity (Wildman–Crippen MR) is 230 cm³/mol. The van der Waals surface area contributed by atoms with E-state index >= 15 is 4.39 Å². The molecule has 6 atom stereocenters. The van der Waals surface area contributed by atoms with Gasteiger partial charge in [-0.15, -0.1) is 0 Å². The highest BCUT2D eigenvalue weighted by Gasteiger charge is 2.51. The molecule has 2 aliphatic heterocycles. The number of piperidine rings is 1. The first-order valence-electron chi connectivity index (χ1n) is 21.2. The number of fused-ring (bicyclic) bond motifs is 5. The van der Waals surface area contributed by atoms with Crippen LogP contribution in [0.15, 0.2) is 85.1 Å². The zero-order valence-electron chi connectivity index (χ0n) is 35.0. The zero-order chi connectivity index (χ0) is 43.2. The molecule has 320 valence electrons. The van der Waals surface area contributed by atoms with Gasteiger partial charge in [0.1, 0.15) is 29.5 Å². The Morgan fingerprint density at radius 1 is 0.839 bits per heavy atom. The smallest absolute Gasteiger partial charge is 0.407 e. The Morgan fingerprint density at radius 2 is 1.60 bits per heavy atom. The fourth-order valence-electron chi connectivity index (χ4n) is 9.81. The molecule has 6 aromatic rings. The van der Waals surface area contributed by atoms with E-state index in [4.69, 9.17) is 19.4 Å². The number of halogens is 1. The van der Waals surface area contributed by atoms with Crippen LogP contribution in [0.25, 0.3) is 44.2 Å². The van der Waals surface area contributed by atoms with E-state index in [1.165, 1.54) is 20.3 Å². The van der Waals surface area contributed by atoms with Crippen LogP contribution in [0.2, 0.25) is 0 Å². The number of hydrogen-bond donors (Lipinski definition) is 4. The van der Waals surface area contributed by atoms with Gasteiger partial charge < -0.3 is 39.9 Å². The summed E-state index contributed by atoms with van der Waals surface area (Å²) in [6.45, 7) is 4.33. The minimum atomic E-state index is -0.940. The third-order valence-electron chi connectivity index (χ3n) is 12.9. The molecular formula is C47H49FN8O6. The molecular weight excluding hydrogens is 792 g/mol. The average molecular weight is 841 g/mol. The van der Waals surface area contributed by atoms with Crippen molar-refractivity contribution >= 4 is 45.8 Å². The fourth-order valence-corrected chi connectivity index (χ4v) is 9.81. The number of imidazole rings is 2. The monoisotopic (exact) mass is 840 g/mol. The second-order valence-corrected chi connectivity index (χ2v) is 16.8. The number of methoxy groups -OCH3 is 2. The number of carbonyl (C=O) groups excluding carboxylic acids is 4. The number of carbonyl (C=O) groups is 4. The third-order valence-corrected chi connectivity index (χ3v) is 12.9. The van der Waals surface area contributed by atoms with Crippen LogP contribution in [0.1, 0.15) is 81.3 Å². The number of rotatable bonds is 10. The Morgan fingerprint density at radius 3 is 2.35 bits per heavy atom. The van der Waals surface area contributed by atoms with Crippen molar-refractivity contribution in [2.24, 2.45) is 11.8 Å². The molecule has 2 bridgehead atoms. The molecule has 0 unspecified atom stereocenters. The Kier molecular flexibility index (Phi) is 10.9. The first-order valence-corrected chi connectivity index (χ1v) is 21.2. The predicted octanol–water partition coefficient (Wildman–Crippen LogP) is 8.11. The zero-order valence-corrected chi connectivity index (χ0v) is 35.0. The maximum Gasteiger partial charge on any atom is 0.407 e.